The van der Waals surface area contributed by atoms with Crippen LogP contribution in [0.2, 0.25) is 0 Å². The van der Waals surface area contributed by atoms with E-state index in [9.17, 15) is 0 Å². The van der Waals surface area contributed by atoms with Gasteiger partial charge in [0.05, 0.1) is 0 Å². The molecule has 0 atom stereocenters. The van der Waals surface area contributed by atoms with Crippen LogP contribution < -0.4 is 0 Å². The molecule has 136 valence electrons. The molecular weight excluding hydrogens is 287 g/mol. The Kier molecular flexibility index (Phi) is 16.5. The Labute approximate surface area is 142 Å². The zero-order chi connectivity index (χ0) is 16.5. The second-order valence-corrected chi connectivity index (χ2v) is 12.4. The molecule has 0 bridgehead atoms. The summed E-state index contributed by atoms with van der Waals surface area (Å²) in [5, 5.41) is 9.03. The van der Waals surface area contributed by atoms with Crippen molar-refractivity contribution in [3.05, 3.63) is 0 Å². The second-order valence-electron chi connectivity index (χ2n) is 7.41. The van der Waals surface area contributed by atoms with Gasteiger partial charge in [0.1, 0.15) is 0 Å². The predicted octanol–water partition coefficient (Wildman–Crippen LogP) is 6.47. The fraction of sp³-hybridized carbons (Fsp3) is 1.00. The molecule has 0 fully saturated rings. The van der Waals surface area contributed by atoms with Crippen molar-refractivity contribution >= 4 is 7.26 Å². The molecule has 0 amide bonds. The molecule has 22 heavy (non-hydrogen) atoms. The Hall–Kier alpha value is 0.390. The molecule has 1 N–H and O–H groups in total. The quantitative estimate of drug-likeness (QED) is 0.239. The summed E-state index contributed by atoms with van der Waals surface area (Å²) in [6, 6.07) is 0. The van der Waals surface area contributed by atoms with Gasteiger partial charge in [-0.1, -0.05) is 0 Å². The van der Waals surface area contributed by atoms with Crippen LogP contribution in [-0.4, -0.2) is 36.4 Å². The van der Waals surface area contributed by atoms with Gasteiger partial charge in [-0.05, 0) is 0 Å². The zero-order valence-electron chi connectivity index (χ0n) is 16.0. The Morgan fingerprint density at radius 2 is 0.864 bits per heavy atom. The van der Waals surface area contributed by atoms with Gasteiger partial charge in [-0.2, -0.15) is 0 Å². The van der Waals surface area contributed by atoms with E-state index in [1.165, 1.54) is 70.6 Å². The van der Waals surface area contributed by atoms with Crippen LogP contribution in [-0.2, 0) is 0 Å². The summed E-state index contributed by atoms with van der Waals surface area (Å²) in [6.45, 7) is 7.38. The van der Waals surface area contributed by atoms with E-state index in [4.69, 9.17) is 5.11 Å². The summed E-state index contributed by atoms with van der Waals surface area (Å²) >= 11 is 0. The summed E-state index contributed by atoms with van der Waals surface area (Å²) in [4.78, 5) is 0. The van der Waals surface area contributed by atoms with E-state index >= 15 is 0 Å². The molecule has 0 spiro atoms. The summed E-state index contributed by atoms with van der Waals surface area (Å²) < 4.78 is 0. The second kappa shape index (κ2) is 16.3. The number of aliphatic hydroxyl groups excluding tert-OH is 1. The van der Waals surface area contributed by atoms with Crippen LogP contribution in [0, 0.1) is 0 Å². The van der Waals surface area contributed by atoms with Crippen molar-refractivity contribution in [2.75, 3.05) is 31.3 Å². The van der Waals surface area contributed by atoms with Crippen LogP contribution in [0.3, 0.4) is 0 Å². The zero-order valence-corrected chi connectivity index (χ0v) is 17.0. The molecule has 1 nitrogen and oxygen atoms in total. The van der Waals surface area contributed by atoms with E-state index in [1.54, 1.807) is 24.6 Å². The predicted molar refractivity (Wildman–Crippen MR) is 107 cm³/mol. The molecule has 0 aromatic carbocycles. The SMILES string of the molecule is CCCCC[PH](CCCCC)(CCCCC)CCCCCO. The van der Waals surface area contributed by atoms with Crippen LogP contribution in [0.15, 0.2) is 0 Å². The molecule has 0 saturated heterocycles. The molecule has 0 heterocycles. The van der Waals surface area contributed by atoms with Crippen molar-refractivity contribution in [2.45, 2.75) is 97.8 Å². The van der Waals surface area contributed by atoms with Gasteiger partial charge >= 0.3 is 141 Å². The molecule has 0 aliphatic carbocycles. The van der Waals surface area contributed by atoms with Crippen molar-refractivity contribution in [1.29, 1.82) is 0 Å². The topological polar surface area (TPSA) is 20.2 Å². The molecule has 0 saturated carbocycles. The van der Waals surface area contributed by atoms with Gasteiger partial charge in [0, 0.05) is 0 Å². The third-order valence-electron chi connectivity index (χ3n) is 5.30. The van der Waals surface area contributed by atoms with Crippen LogP contribution >= 0.6 is 7.26 Å². The number of unbranched alkanes of at least 4 members (excludes halogenated alkanes) is 8. The van der Waals surface area contributed by atoms with Gasteiger partial charge in [-0.15, -0.1) is 0 Å². The number of hydrogen-bond donors (Lipinski definition) is 1. The minimum absolute atomic E-state index is 0.385. The maximum absolute atomic E-state index is 9.03. The Balaban J connectivity index is 4.53. The van der Waals surface area contributed by atoms with Gasteiger partial charge in [0.2, 0.25) is 0 Å². The van der Waals surface area contributed by atoms with E-state index < -0.39 is 7.26 Å². The summed E-state index contributed by atoms with van der Waals surface area (Å²) in [7, 11) is -1.04. The van der Waals surface area contributed by atoms with E-state index in [0.29, 0.717) is 6.61 Å². The van der Waals surface area contributed by atoms with Gasteiger partial charge < -0.3 is 0 Å². The average molecular weight is 333 g/mol. The molecule has 0 aromatic rings. The van der Waals surface area contributed by atoms with Crippen molar-refractivity contribution in [1.82, 2.24) is 0 Å². The fourth-order valence-electron chi connectivity index (χ4n) is 3.79. The van der Waals surface area contributed by atoms with Crippen molar-refractivity contribution < 1.29 is 5.11 Å². The molecule has 0 rings (SSSR count). The summed E-state index contributed by atoms with van der Waals surface area (Å²) in [6.07, 6.45) is 22.8. The van der Waals surface area contributed by atoms with Crippen molar-refractivity contribution in [2.24, 2.45) is 0 Å². The first-order chi connectivity index (χ1) is 10.7. The first kappa shape index (κ1) is 22.4. The summed E-state index contributed by atoms with van der Waals surface area (Å²) in [5.74, 6) is 0. The Morgan fingerprint density at radius 3 is 1.18 bits per heavy atom. The standard InChI is InChI=1S/C20H45OP/c1-4-7-12-17-22(18-13-8-5-2,19-14-9-6-3)20-15-10-11-16-21/h21-22H,4-20H2,1-3H3. The molecule has 0 aromatic heterocycles. The van der Waals surface area contributed by atoms with Gasteiger partial charge in [-0.25, -0.2) is 0 Å². The maximum atomic E-state index is 9.03. The fourth-order valence-corrected chi connectivity index (χ4v) is 9.29. The molecular formula is C20H45OP. The van der Waals surface area contributed by atoms with Crippen LogP contribution in [0.5, 0.6) is 0 Å². The Morgan fingerprint density at radius 1 is 0.500 bits per heavy atom. The molecule has 0 radical (unpaired) electrons. The molecule has 2 heteroatoms. The third kappa shape index (κ3) is 11.9. The Bertz CT molecular complexity index is 191. The van der Waals surface area contributed by atoms with E-state index in [0.717, 1.165) is 6.42 Å². The van der Waals surface area contributed by atoms with Crippen molar-refractivity contribution in [3.8, 4) is 0 Å². The number of hydrogen-bond acceptors (Lipinski definition) is 1. The number of aliphatic hydroxyl groups is 1. The van der Waals surface area contributed by atoms with Gasteiger partial charge in [0.15, 0.2) is 0 Å². The average Bonchev–Trinajstić information content (AvgIpc) is 2.52. The monoisotopic (exact) mass is 332 g/mol. The van der Waals surface area contributed by atoms with Crippen molar-refractivity contribution in [3.63, 3.8) is 0 Å². The third-order valence-corrected chi connectivity index (χ3v) is 11.0. The first-order valence-electron chi connectivity index (χ1n) is 10.4. The molecule has 0 unspecified atom stereocenters. The number of rotatable bonds is 17. The van der Waals surface area contributed by atoms with Crippen LogP contribution in [0.4, 0.5) is 0 Å². The van der Waals surface area contributed by atoms with Crippen LogP contribution in [0.25, 0.3) is 0 Å². The molecule has 0 aliphatic rings. The van der Waals surface area contributed by atoms with Gasteiger partial charge in [-0.3, -0.25) is 0 Å². The normalized spacial score (nSPS) is 12.7. The molecule has 0 aliphatic heterocycles. The van der Waals surface area contributed by atoms with E-state index in [-0.39, 0.29) is 0 Å². The van der Waals surface area contributed by atoms with Gasteiger partial charge in [0.25, 0.3) is 0 Å². The minimum atomic E-state index is -1.04. The summed E-state index contributed by atoms with van der Waals surface area (Å²) in [5.41, 5.74) is 0. The first-order valence-corrected chi connectivity index (χ1v) is 13.2. The van der Waals surface area contributed by atoms with Crippen LogP contribution in [0.1, 0.15) is 97.8 Å². The van der Waals surface area contributed by atoms with E-state index in [2.05, 4.69) is 20.8 Å². The van der Waals surface area contributed by atoms with E-state index in [1.807, 2.05) is 0 Å².